The van der Waals surface area contributed by atoms with Gasteiger partial charge in [-0.15, -0.1) is 0 Å². The summed E-state index contributed by atoms with van der Waals surface area (Å²) in [5.41, 5.74) is -1.28. The molecule has 0 spiro atoms. The molecule has 0 fully saturated rings. The molecule has 0 saturated carbocycles. The lowest BCUT2D eigenvalue weighted by atomic mass is 10.1. The van der Waals surface area contributed by atoms with E-state index in [2.05, 4.69) is 37.2 Å². The monoisotopic (exact) mass is 401 g/mol. The largest absolute Gasteiger partial charge is 0.417 e. The van der Waals surface area contributed by atoms with Crippen LogP contribution in [0.5, 0.6) is 0 Å². The van der Waals surface area contributed by atoms with Crippen LogP contribution in [0.1, 0.15) is 28.8 Å². The van der Waals surface area contributed by atoms with Gasteiger partial charge in [0.1, 0.15) is 0 Å². The third kappa shape index (κ3) is 5.14. The topological polar surface area (TPSA) is 29.1 Å². The van der Waals surface area contributed by atoms with Crippen molar-refractivity contribution in [2.24, 2.45) is 0 Å². The minimum Gasteiger partial charge on any atom is -0.352 e. The van der Waals surface area contributed by atoms with Crippen molar-refractivity contribution in [3.05, 3.63) is 33.8 Å². The molecular weight excluding hydrogens is 391 g/mol. The second-order valence-electron chi connectivity index (χ2n) is 3.84. The first-order valence-electron chi connectivity index (χ1n) is 5.57. The first-order chi connectivity index (χ1) is 8.86. The molecule has 1 amide bonds. The Bertz CT molecular complexity index is 449. The number of hydrogen-bond donors (Lipinski definition) is 1. The van der Waals surface area contributed by atoms with Crippen molar-refractivity contribution in [2.75, 3.05) is 11.9 Å². The van der Waals surface area contributed by atoms with Crippen LogP contribution in [0.15, 0.2) is 22.7 Å². The quantitative estimate of drug-likeness (QED) is 0.575. The summed E-state index contributed by atoms with van der Waals surface area (Å²) in [6, 6.07) is 3.50. The van der Waals surface area contributed by atoms with Crippen molar-refractivity contribution in [3.8, 4) is 0 Å². The van der Waals surface area contributed by atoms with Crippen molar-refractivity contribution in [3.63, 3.8) is 0 Å². The standard InChI is InChI=1S/C12H12Br2F3NO/c13-5-1-2-6-18-11(19)9-4-3-8(14)7-10(9)12(15,16)17/h3-4,7H,1-2,5-6H2,(H,18,19). The second-order valence-corrected chi connectivity index (χ2v) is 5.55. The molecule has 0 aliphatic heterocycles. The van der Waals surface area contributed by atoms with Crippen LogP contribution in [0.3, 0.4) is 0 Å². The molecular formula is C12H12Br2F3NO. The summed E-state index contributed by atoms with van der Waals surface area (Å²) in [5.74, 6) is -0.700. The number of alkyl halides is 4. The lowest BCUT2D eigenvalue weighted by Crippen LogP contribution is -2.27. The van der Waals surface area contributed by atoms with Gasteiger partial charge in [0.25, 0.3) is 5.91 Å². The Labute approximate surface area is 126 Å². The highest BCUT2D eigenvalue weighted by atomic mass is 79.9. The van der Waals surface area contributed by atoms with Crippen molar-refractivity contribution < 1.29 is 18.0 Å². The molecule has 7 heteroatoms. The highest BCUT2D eigenvalue weighted by Crippen LogP contribution is 2.33. The number of unbranched alkanes of at least 4 members (excludes halogenated alkanes) is 1. The van der Waals surface area contributed by atoms with Crippen LogP contribution in [0, 0.1) is 0 Å². The fourth-order valence-electron chi connectivity index (χ4n) is 1.47. The summed E-state index contributed by atoms with van der Waals surface area (Å²) in [5, 5.41) is 3.29. The molecule has 0 aromatic heterocycles. The fraction of sp³-hybridized carbons (Fsp3) is 0.417. The van der Waals surface area contributed by atoms with Crippen molar-refractivity contribution in [1.29, 1.82) is 0 Å². The summed E-state index contributed by atoms with van der Waals surface area (Å²) in [6.07, 6.45) is -2.98. The van der Waals surface area contributed by atoms with Gasteiger partial charge in [-0.2, -0.15) is 13.2 Å². The first-order valence-corrected chi connectivity index (χ1v) is 7.48. The maximum Gasteiger partial charge on any atom is 0.417 e. The predicted octanol–water partition coefficient (Wildman–Crippen LogP) is 4.37. The lowest BCUT2D eigenvalue weighted by Gasteiger charge is -2.13. The Morgan fingerprint density at radius 2 is 1.95 bits per heavy atom. The molecule has 2 nitrogen and oxygen atoms in total. The molecule has 1 aromatic carbocycles. The summed E-state index contributed by atoms with van der Waals surface area (Å²) in [4.78, 5) is 11.7. The number of rotatable bonds is 5. The third-order valence-corrected chi connectivity index (χ3v) is 3.43. The van der Waals surface area contributed by atoms with Gasteiger partial charge in [0.05, 0.1) is 11.1 Å². The van der Waals surface area contributed by atoms with E-state index in [1.807, 2.05) is 0 Å². The number of hydrogen-bond acceptors (Lipinski definition) is 1. The van der Waals surface area contributed by atoms with Crippen LogP contribution in [-0.4, -0.2) is 17.8 Å². The van der Waals surface area contributed by atoms with E-state index in [4.69, 9.17) is 0 Å². The van der Waals surface area contributed by atoms with Gasteiger partial charge in [-0.3, -0.25) is 4.79 Å². The van der Waals surface area contributed by atoms with Gasteiger partial charge in [0.2, 0.25) is 0 Å². The van der Waals surface area contributed by atoms with E-state index >= 15 is 0 Å². The van der Waals surface area contributed by atoms with Gasteiger partial charge in [-0.05, 0) is 31.0 Å². The Morgan fingerprint density at radius 1 is 1.26 bits per heavy atom. The Morgan fingerprint density at radius 3 is 2.53 bits per heavy atom. The van der Waals surface area contributed by atoms with Crippen molar-refractivity contribution in [2.45, 2.75) is 19.0 Å². The van der Waals surface area contributed by atoms with E-state index in [1.165, 1.54) is 12.1 Å². The van der Waals surface area contributed by atoms with Crippen LogP contribution in [0.25, 0.3) is 0 Å². The summed E-state index contributed by atoms with van der Waals surface area (Å²) in [6.45, 7) is 0.359. The number of amides is 1. The normalized spacial score (nSPS) is 11.4. The molecule has 0 bridgehead atoms. The minimum atomic E-state index is -4.55. The molecule has 1 aromatic rings. The molecule has 0 aliphatic carbocycles. The molecule has 1 N–H and O–H groups in total. The van der Waals surface area contributed by atoms with E-state index in [0.717, 1.165) is 24.2 Å². The molecule has 0 unspecified atom stereocenters. The highest BCUT2D eigenvalue weighted by molar-refractivity contribution is 9.10. The summed E-state index contributed by atoms with van der Waals surface area (Å²) in [7, 11) is 0. The van der Waals surface area contributed by atoms with Crippen LogP contribution >= 0.6 is 31.9 Å². The van der Waals surface area contributed by atoms with E-state index in [-0.39, 0.29) is 10.0 Å². The lowest BCUT2D eigenvalue weighted by molar-refractivity contribution is -0.138. The van der Waals surface area contributed by atoms with E-state index in [0.29, 0.717) is 6.54 Å². The Kier molecular flexibility index (Phi) is 6.32. The zero-order chi connectivity index (χ0) is 14.5. The minimum absolute atomic E-state index is 0.288. The zero-order valence-corrected chi connectivity index (χ0v) is 13.0. The van der Waals surface area contributed by atoms with Crippen LogP contribution in [0.2, 0.25) is 0 Å². The Hall–Kier alpha value is -0.560. The molecule has 0 saturated heterocycles. The molecule has 0 atom stereocenters. The van der Waals surface area contributed by atoms with E-state index in [9.17, 15) is 18.0 Å². The maximum absolute atomic E-state index is 12.8. The van der Waals surface area contributed by atoms with Gasteiger partial charge in [0, 0.05) is 16.3 Å². The van der Waals surface area contributed by atoms with Crippen molar-refractivity contribution >= 4 is 37.8 Å². The molecule has 0 heterocycles. The SMILES string of the molecule is O=C(NCCCCBr)c1ccc(Br)cc1C(F)(F)F. The molecule has 0 aliphatic rings. The maximum atomic E-state index is 12.8. The predicted molar refractivity (Wildman–Crippen MR) is 74.5 cm³/mol. The molecule has 0 radical (unpaired) electrons. The summed E-state index contributed by atoms with van der Waals surface area (Å²) >= 11 is 6.21. The number of nitrogens with one attached hydrogen (secondary N) is 1. The average Bonchev–Trinajstić information content (AvgIpc) is 2.33. The molecule has 19 heavy (non-hydrogen) atoms. The molecule has 1 rings (SSSR count). The third-order valence-electron chi connectivity index (χ3n) is 2.38. The second kappa shape index (κ2) is 7.28. The van der Waals surface area contributed by atoms with Crippen LogP contribution in [-0.2, 0) is 6.18 Å². The molecule has 106 valence electrons. The zero-order valence-electron chi connectivity index (χ0n) is 9.86. The van der Waals surface area contributed by atoms with Gasteiger partial charge in [-0.1, -0.05) is 31.9 Å². The summed E-state index contributed by atoms with van der Waals surface area (Å²) < 4.78 is 38.8. The fourth-order valence-corrected chi connectivity index (χ4v) is 2.22. The van der Waals surface area contributed by atoms with E-state index < -0.39 is 17.6 Å². The van der Waals surface area contributed by atoms with Crippen LogP contribution in [0.4, 0.5) is 13.2 Å². The number of benzene rings is 1. The number of halogens is 5. The van der Waals surface area contributed by atoms with Crippen LogP contribution < -0.4 is 5.32 Å². The van der Waals surface area contributed by atoms with E-state index in [1.54, 1.807) is 0 Å². The van der Waals surface area contributed by atoms with Gasteiger partial charge >= 0.3 is 6.18 Å². The van der Waals surface area contributed by atoms with Gasteiger partial charge in [-0.25, -0.2) is 0 Å². The van der Waals surface area contributed by atoms with Gasteiger partial charge in [0.15, 0.2) is 0 Å². The number of carbonyl (C=O) groups excluding carboxylic acids is 1. The first kappa shape index (κ1) is 16.5. The van der Waals surface area contributed by atoms with Gasteiger partial charge < -0.3 is 5.32 Å². The average molecular weight is 403 g/mol. The number of carbonyl (C=O) groups is 1. The van der Waals surface area contributed by atoms with Crippen molar-refractivity contribution in [1.82, 2.24) is 5.32 Å². The highest BCUT2D eigenvalue weighted by Gasteiger charge is 2.35. The Balaban J connectivity index is 2.85. The smallest absolute Gasteiger partial charge is 0.352 e.